The number of para-hydroxylation sites is 1. The lowest BCUT2D eigenvalue weighted by atomic mass is 10.0. The number of hydrogen-bond acceptors (Lipinski definition) is 4. The number of aromatic amines is 1. The summed E-state index contributed by atoms with van der Waals surface area (Å²) >= 11 is 6.17. The van der Waals surface area contributed by atoms with Crippen molar-refractivity contribution < 1.29 is 9.53 Å². The number of amides is 1. The van der Waals surface area contributed by atoms with Gasteiger partial charge in [-0.1, -0.05) is 41.9 Å². The van der Waals surface area contributed by atoms with Crippen molar-refractivity contribution in [1.29, 1.82) is 0 Å². The van der Waals surface area contributed by atoms with Crippen molar-refractivity contribution in [2.24, 2.45) is 0 Å². The first-order valence-electron chi connectivity index (χ1n) is 10.2. The summed E-state index contributed by atoms with van der Waals surface area (Å²) in [5.74, 6) is 0.0752. The van der Waals surface area contributed by atoms with Crippen LogP contribution in [0.1, 0.15) is 17.4 Å². The Balaban J connectivity index is 1.37. The quantitative estimate of drug-likeness (QED) is 0.518. The fraction of sp³-hybridized carbons (Fsp3) is 0.208. The molecule has 2 aromatic heterocycles. The molecule has 0 unspecified atom stereocenters. The molecular formula is C24H21ClN4O2. The number of carbonyl (C=O) groups is 1. The van der Waals surface area contributed by atoms with Crippen LogP contribution >= 0.6 is 11.6 Å². The normalized spacial score (nSPS) is 16.5. The molecule has 5 rings (SSSR count). The third kappa shape index (κ3) is 4.04. The maximum absolute atomic E-state index is 13.1. The Hall–Kier alpha value is -3.22. The average molecular weight is 433 g/mol. The summed E-state index contributed by atoms with van der Waals surface area (Å²) in [7, 11) is 0. The Morgan fingerprint density at radius 1 is 1.16 bits per heavy atom. The molecule has 0 spiro atoms. The number of nitrogens with one attached hydrogen (secondary N) is 1. The van der Waals surface area contributed by atoms with E-state index in [1.54, 1.807) is 12.4 Å². The van der Waals surface area contributed by atoms with Gasteiger partial charge in [0.1, 0.15) is 6.10 Å². The van der Waals surface area contributed by atoms with E-state index < -0.39 is 0 Å². The molecule has 0 radical (unpaired) electrons. The molecule has 1 aliphatic rings. The van der Waals surface area contributed by atoms with Crippen LogP contribution in [0.5, 0.6) is 0 Å². The zero-order valence-electron chi connectivity index (χ0n) is 16.8. The highest BCUT2D eigenvalue weighted by Gasteiger charge is 2.29. The predicted octanol–water partition coefficient (Wildman–Crippen LogP) is 4.42. The van der Waals surface area contributed by atoms with E-state index in [1.165, 1.54) is 0 Å². The first-order valence-corrected chi connectivity index (χ1v) is 10.6. The van der Waals surface area contributed by atoms with Crippen molar-refractivity contribution in [2.75, 3.05) is 19.7 Å². The van der Waals surface area contributed by atoms with Crippen LogP contribution in [0, 0.1) is 0 Å². The molecule has 1 fully saturated rings. The first-order chi connectivity index (χ1) is 15.2. The van der Waals surface area contributed by atoms with Crippen LogP contribution in [0.3, 0.4) is 0 Å². The summed E-state index contributed by atoms with van der Waals surface area (Å²) < 4.78 is 6.01. The smallest absolute Gasteiger partial charge is 0.227 e. The Kier molecular flexibility index (Phi) is 5.40. The molecule has 1 N–H and O–H groups in total. The van der Waals surface area contributed by atoms with Crippen molar-refractivity contribution >= 4 is 28.4 Å². The number of aromatic nitrogens is 3. The van der Waals surface area contributed by atoms with Gasteiger partial charge in [-0.15, -0.1) is 0 Å². The number of ether oxygens (including phenoxy) is 1. The largest absolute Gasteiger partial charge is 0.368 e. The van der Waals surface area contributed by atoms with Crippen molar-refractivity contribution in [1.82, 2.24) is 19.9 Å². The van der Waals surface area contributed by atoms with Gasteiger partial charge in [-0.3, -0.25) is 14.8 Å². The van der Waals surface area contributed by atoms with E-state index in [1.807, 2.05) is 59.6 Å². The number of carbonyl (C=O) groups excluding carboxylic acids is 1. The second-order valence-corrected chi connectivity index (χ2v) is 7.97. The van der Waals surface area contributed by atoms with Gasteiger partial charge in [0.05, 0.1) is 31.0 Å². The van der Waals surface area contributed by atoms with Crippen LogP contribution in [0.4, 0.5) is 0 Å². The van der Waals surface area contributed by atoms with Crippen molar-refractivity contribution in [3.8, 4) is 11.3 Å². The lowest BCUT2D eigenvalue weighted by Crippen LogP contribution is -2.43. The summed E-state index contributed by atoms with van der Waals surface area (Å²) in [6, 6.07) is 15.5. The van der Waals surface area contributed by atoms with Gasteiger partial charge in [-0.2, -0.15) is 0 Å². The number of benzene rings is 2. The molecule has 0 aliphatic carbocycles. The van der Waals surface area contributed by atoms with Crippen LogP contribution in [0.25, 0.3) is 22.2 Å². The van der Waals surface area contributed by atoms with Gasteiger partial charge in [0.15, 0.2) is 0 Å². The lowest BCUT2D eigenvalue weighted by Gasteiger charge is -2.33. The summed E-state index contributed by atoms with van der Waals surface area (Å²) in [4.78, 5) is 27.2. The maximum Gasteiger partial charge on any atom is 0.227 e. The average Bonchev–Trinajstić information content (AvgIpc) is 3.22. The zero-order valence-corrected chi connectivity index (χ0v) is 17.5. The summed E-state index contributed by atoms with van der Waals surface area (Å²) in [6.45, 7) is 1.45. The van der Waals surface area contributed by atoms with Gasteiger partial charge in [-0.05, 0) is 23.8 Å². The molecule has 1 atom stereocenters. The van der Waals surface area contributed by atoms with E-state index in [4.69, 9.17) is 16.3 Å². The number of morpholine rings is 1. The Bertz CT molecular complexity index is 1240. The van der Waals surface area contributed by atoms with E-state index in [0.29, 0.717) is 31.1 Å². The lowest BCUT2D eigenvalue weighted by molar-refractivity contribution is -0.138. The monoisotopic (exact) mass is 432 g/mol. The highest BCUT2D eigenvalue weighted by molar-refractivity contribution is 6.30. The van der Waals surface area contributed by atoms with Crippen LogP contribution in [0.15, 0.2) is 67.1 Å². The number of halogens is 1. The molecule has 1 aliphatic heterocycles. The van der Waals surface area contributed by atoms with E-state index in [2.05, 4.69) is 15.0 Å². The Morgan fingerprint density at radius 2 is 2.03 bits per heavy atom. The fourth-order valence-corrected chi connectivity index (χ4v) is 4.23. The number of H-pyrrole nitrogens is 1. The summed E-state index contributed by atoms with van der Waals surface area (Å²) in [5, 5.41) is 1.71. The van der Waals surface area contributed by atoms with Crippen LogP contribution in [0.2, 0.25) is 5.02 Å². The number of fused-ring (bicyclic) bond motifs is 1. The highest BCUT2D eigenvalue weighted by atomic mass is 35.5. The fourth-order valence-electron chi connectivity index (χ4n) is 4.04. The molecule has 156 valence electrons. The second kappa shape index (κ2) is 8.49. The number of nitrogens with zero attached hydrogens (tertiary/aromatic N) is 3. The van der Waals surface area contributed by atoms with Gasteiger partial charge >= 0.3 is 0 Å². The van der Waals surface area contributed by atoms with Crippen LogP contribution in [-0.4, -0.2) is 45.5 Å². The minimum absolute atomic E-state index is 0.0752. The van der Waals surface area contributed by atoms with E-state index in [0.717, 1.165) is 33.4 Å². The standard InChI is InChI=1S/C24H21ClN4O2/c25-18-5-3-4-16(12-18)23-24(27-9-8-26-23)21-15-29(10-11-31-21)22(30)13-17-14-28-20-7-2-1-6-19(17)20/h1-9,12,14,21,28H,10-11,13,15H2/t21-/m0/s1. The second-order valence-electron chi connectivity index (χ2n) is 7.54. The van der Waals surface area contributed by atoms with Crippen molar-refractivity contribution in [3.05, 3.63) is 83.4 Å². The molecule has 1 saturated heterocycles. The van der Waals surface area contributed by atoms with Crippen molar-refractivity contribution in [2.45, 2.75) is 12.5 Å². The molecule has 4 aromatic rings. The van der Waals surface area contributed by atoms with Gasteiger partial charge < -0.3 is 14.6 Å². The number of rotatable bonds is 4. The third-order valence-corrected chi connectivity index (χ3v) is 5.80. The summed E-state index contributed by atoms with van der Waals surface area (Å²) in [5.41, 5.74) is 4.36. The maximum atomic E-state index is 13.1. The molecule has 0 bridgehead atoms. The molecular weight excluding hydrogens is 412 g/mol. The Morgan fingerprint density at radius 3 is 2.94 bits per heavy atom. The predicted molar refractivity (Wildman–Crippen MR) is 120 cm³/mol. The summed E-state index contributed by atoms with van der Waals surface area (Å²) in [6.07, 6.45) is 5.23. The first kappa shape index (κ1) is 19.7. The zero-order chi connectivity index (χ0) is 21.2. The minimum atomic E-state index is -0.344. The molecule has 2 aromatic carbocycles. The van der Waals surface area contributed by atoms with Gasteiger partial charge in [-0.25, -0.2) is 0 Å². The topological polar surface area (TPSA) is 71.1 Å². The van der Waals surface area contributed by atoms with Gasteiger partial charge in [0.2, 0.25) is 5.91 Å². The van der Waals surface area contributed by atoms with Gasteiger partial charge in [0.25, 0.3) is 0 Å². The molecule has 6 nitrogen and oxygen atoms in total. The van der Waals surface area contributed by atoms with E-state index in [9.17, 15) is 4.79 Å². The van der Waals surface area contributed by atoms with Gasteiger partial charge in [0, 0.05) is 46.6 Å². The van der Waals surface area contributed by atoms with Crippen molar-refractivity contribution in [3.63, 3.8) is 0 Å². The Labute approximate surface area is 184 Å². The SMILES string of the molecule is O=C(Cc1c[nH]c2ccccc12)N1CCO[C@H](c2nccnc2-c2cccc(Cl)c2)C1. The molecule has 1 amide bonds. The molecule has 3 heterocycles. The van der Waals surface area contributed by atoms with Crippen LogP contribution in [-0.2, 0) is 16.0 Å². The van der Waals surface area contributed by atoms with Crippen LogP contribution < -0.4 is 0 Å². The van der Waals surface area contributed by atoms with E-state index in [-0.39, 0.29) is 12.0 Å². The molecule has 31 heavy (non-hydrogen) atoms. The number of hydrogen-bond donors (Lipinski definition) is 1. The molecule has 7 heteroatoms. The van der Waals surface area contributed by atoms with E-state index >= 15 is 0 Å². The molecule has 0 saturated carbocycles. The highest BCUT2D eigenvalue weighted by Crippen LogP contribution is 2.30. The third-order valence-electron chi connectivity index (χ3n) is 5.57. The minimum Gasteiger partial charge on any atom is -0.368 e.